The second-order valence-electron chi connectivity index (χ2n) is 5.89. The fourth-order valence-electron chi connectivity index (χ4n) is 2.48. The van der Waals surface area contributed by atoms with Crippen molar-refractivity contribution in [1.82, 2.24) is 5.32 Å². The SMILES string of the molecule is C[C@H](NC(=O)COC(=O)/C=C/c1ccc2c(c1)OCO2)c1ccc(Cl)cc1. The normalized spacial score (nSPS) is 13.4. The molecule has 0 unspecified atom stereocenters. The zero-order chi connectivity index (χ0) is 19.2. The quantitative estimate of drug-likeness (QED) is 0.606. The van der Waals surface area contributed by atoms with Crippen LogP contribution in [0.2, 0.25) is 5.02 Å². The number of carbonyl (C=O) groups excluding carboxylic acids is 2. The van der Waals surface area contributed by atoms with Crippen LogP contribution in [-0.4, -0.2) is 25.3 Å². The van der Waals surface area contributed by atoms with Gasteiger partial charge < -0.3 is 19.5 Å². The second-order valence-corrected chi connectivity index (χ2v) is 6.33. The van der Waals surface area contributed by atoms with Crippen LogP contribution in [0.1, 0.15) is 24.1 Å². The van der Waals surface area contributed by atoms with Crippen molar-refractivity contribution in [1.29, 1.82) is 0 Å². The van der Waals surface area contributed by atoms with Crippen molar-refractivity contribution in [2.45, 2.75) is 13.0 Å². The highest BCUT2D eigenvalue weighted by Crippen LogP contribution is 2.32. The van der Waals surface area contributed by atoms with E-state index in [1.807, 2.05) is 19.1 Å². The molecule has 7 heteroatoms. The Labute approximate surface area is 161 Å². The number of hydrogen-bond donors (Lipinski definition) is 1. The van der Waals surface area contributed by atoms with Crippen LogP contribution >= 0.6 is 11.6 Å². The molecule has 0 saturated heterocycles. The number of ether oxygens (including phenoxy) is 3. The Balaban J connectivity index is 1.45. The van der Waals surface area contributed by atoms with E-state index in [1.54, 1.807) is 36.4 Å². The molecule has 27 heavy (non-hydrogen) atoms. The third kappa shape index (κ3) is 5.24. The minimum Gasteiger partial charge on any atom is -0.454 e. The molecule has 2 aromatic carbocycles. The topological polar surface area (TPSA) is 73.9 Å². The number of esters is 1. The van der Waals surface area contributed by atoms with Gasteiger partial charge in [-0.2, -0.15) is 0 Å². The molecule has 0 fully saturated rings. The van der Waals surface area contributed by atoms with Crippen LogP contribution in [0.25, 0.3) is 6.08 Å². The van der Waals surface area contributed by atoms with Crippen molar-refractivity contribution in [3.63, 3.8) is 0 Å². The maximum atomic E-state index is 11.9. The molecule has 0 radical (unpaired) electrons. The summed E-state index contributed by atoms with van der Waals surface area (Å²) in [6.07, 6.45) is 2.84. The Morgan fingerprint density at radius 1 is 1.19 bits per heavy atom. The minimum absolute atomic E-state index is 0.189. The van der Waals surface area contributed by atoms with Gasteiger partial charge in [0.15, 0.2) is 18.1 Å². The van der Waals surface area contributed by atoms with Gasteiger partial charge in [-0.3, -0.25) is 4.79 Å². The highest BCUT2D eigenvalue weighted by atomic mass is 35.5. The van der Waals surface area contributed by atoms with Gasteiger partial charge in [0.1, 0.15) is 0 Å². The van der Waals surface area contributed by atoms with Gasteiger partial charge in [-0.15, -0.1) is 0 Å². The van der Waals surface area contributed by atoms with E-state index in [9.17, 15) is 9.59 Å². The molecule has 1 atom stereocenters. The monoisotopic (exact) mass is 387 g/mol. The number of halogens is 1. The molecule has 1 aliphatic heterocycles. The molecule has 1 aliphatic rings. The van der Waals surface area contributed by atoms with Gasteiger partial charge >= 0.3 is 5.97 Å². The van der Waals surface area contributed by atoms with Crippen LogP contribution in [0.15, 0.2) is 48.5 Å². The van der Waals surface area contributed by atoms with Crippen molar-refractivity contribution in [2.75, 3.05) is 13.4 Å². The van der Waals surface area contributed by atoms with Crippen LogP contribution < -0.4 is 14.8 Å². The van der Waals surface area contributed by atoms with E-state index in [-0.39, 0.29) is 25.3 Å². The number of benzene rings is 2. The van der Waals surface area contributed by atoms with Gasteiger partial charge in [0, 0.05) is 11.1 Å². The van der Waals surface area contributed by atoms with Gasteiger partial charge in [-0.1, -0.05) is 29.8 Å². The molecule has 140 valence electrons. The Morgan fingerprint density at radius 3 is 2.70 bits per heavy atom. The van der Waals surface area contributed by atoms with Crippen LogP contribution in [0.3, 0.4) is 0 Å². The first kappa shape index (κ1) is 18.8. The molecule has 0 spiro atoms. The van der Waals surface area contributed by atoms with Crippen LogP contribution in [0.4, 0.5) is 0 Å². The Kier molecular flexibility index (Phi) is 5.98. The lowest BCUT2D eigenvalue weighted by molar-refractivity contribution is -0.144. The number of fused-ring (bicyclic) bond motifs is 1. The van der Waals surface area contributed by atoms with E-state index < -0.39 is 5.97 Å². The molecule has 0 bridgehead atoms. The van der Waals surface area contributed by atoms with Crippen molar-refractivity contribution >= 4 is 29.6 Å². The summed E-state index contributed by atoms with van der Waals surface area (Å²) >= 11 is 5.84. The Bertz CT molecular complexity index is 863. The largest absolute Gasteiger partial charge is 0.454 e. The first-order valence-corrected chi connectivity index (χ1v) is 8.68. The zero-order valence-corrected chi connectivity index (χ0v) is 15.4. The Morgan fingerprint density at radius 2 is 1.93 bits per heavy atom. The molecular weight excluding hydrogens is 370 g/mol. The predicted octanol–water partition coefficient (Wildman–Crippen LogP) is 3.50. The second kappa shape index (κ2) is 8.60. The van der Waals surface area contributed by atoms with E-state index in [2.05, 4.69) is 5.32 Å². The average molecular weight is 388 g/mol. The summed E-state index contributed by atoms with van der Waals surface area (Å²) in [6, 6.07) is 12.2. The smallest absolute Gasteiger partial charge is 0.331 e. The van der Waals surface area contributed by atoms with Gasteiger partial charge in [0.25, 0.3) is 5.91 Å². The fourth-order valence-corrected chi connectivity index (χ4v) is 2.61. The molecular formula is C20H18ClNO5. The molecule has 1 heterocycles. The van der Waals surface area contributed by atoms with E-state index in [0.29, 0.717) is 16.5 Å². The highest BCUT2D eigenvalue weighted by molar-refractivity contribution is 6.30. The molecule has 6 nitrogen and oxygen atoms in total. The van der Waals surface area contributed by atoms with Crippen molar-refractivity contribution < 1.29 is 23.8 Å². The third-order valence-corrected chi connectivity index (χ3v) is 4.15. The molecule has 1 N–H and O–H groups in total. The van der Waals surface area contributed by atoms with Gasteiger partial charge in [0.05, 0.1) is 6.04 Å². The first-order chi connectivity index (χ1) is 13.0. The summed E-state index contributed by atoms with van der Waals surface area (Å²) in [5, 5.41) is 3.38. The maximum absolute atomic E-state index is 11.9. The van der Waals surface area contributed by atoms with Gasteiger partial charge in [0.2, 0.25) is 6.79 Å². The molecule has 0 aliphatic carbocycles. The van der Waals surface area contributed by atoms with Gasteiger partial charge in [-0.25, -0.2) is 4.79 Å². The minimum atomic E-state index is -0.609. The maximum Gasteiger partial charge on any atom is 0.331 e. The summed E-state index contributed by atoms with van der Waals surface area (Å²) in [6.45, 7) is 1.67. The summed E-state index contributed by atoms with van der Waals surface area (Å²) < 4.78 is 15.5. The number of carbonyl (C=O) groups is 2. The predicted molar refractivity (Wildman–Crippen MR) is 101 cm³/mol. The van der Waals surface area contributed by atoms with Crippen LogP contribution in [0, 0.1) is 0 Å². The van der Waals surface area contributed by atoms with Crippen LogP contribution in [0.5, 0.6) is 11.5 Å². The number of rotatable bonds is 6. The van der Waals surface area contributed by atoms with E-state index in [0.717, 1.165) is 11.1 Å². The first-order valence-electron chi connectivity index (χ1n) is 8.30. The van der Waals surface area contributed by atoms with Crippen molar-refractivity contribution in [3.05, 3.63) is 64.7 Å². The number of hydrogen-bond acceptors (Lipinski definition) is 5. The molecule has 3 rings (SSSR count). The lowest BCUT2D eigenvalue weighted by atomic mass is 10.1. The average Bonchev–Trinajstić information content (AvgIpc) is 3.13. The number of nitrogens with one attached hydrogen (secondary N) is 1. The van der Waals surface area contributed by atoms with E-state index in [1.165, 1.54) is 6.08 Å². The Hall–Kier alpha value is -2.99. The lowest BCUT2D eigenvalue weighted by Crippen LogP contribution is -2.30. The summed E-state index contributed by atoms with van der Waals surface area (Å²) in [7, 11) is 0. The zero-order valence-electron chi connectivity index (χ0n) is 14.6. The highest BCUT2D eigenvalue weighted by Gasteiger charge is 2.13. The summed E-state index contributed by atoms with van der Waals surface area (Å²) in [4.78, 5) is 23.7. The summed E-state index contributed by atoms with van der Waals surface area (Å²) in [5.74, 6) is 0.298. The molecule has 1 amide bonds. The van der Waals surface area contributed by atoms with Crippen molar-refractivity contribution in [3.8, 4) is 11.5 Å². The van der Waals surface area contributed by atoms with E-state index in [4.69, 9.17) is 25.8 Å². The fraction of sp³-hybridized carbons (Fsp3) is 0.200. The number of amides is 1. The lowest BCUT2D eigenvalue weighted by Gasteiger charge is -2.14. The van der Waals surface area contributed by atoms with Crippen LogP contribution in [-0.2, 0) is 14.3 Å². The van der Waals surface area contributed by atoms with E-state index >= 15 is 0 Å². The van der Waals surface area contributed by atoms with Crippen molar-refractivity contribution in [2.24, 2.45) is 0 Å². The molecule has 2 aromatic rings. The summed E-state index contributed by atoms with van der Waals surface area (Å²) in [5.41, 5.74) is 1.67. The molecule has 0 saturated carbocycles. The van der Waals surface area contributed by atoms with Gasteiger partial charge in [-0.05, 0) is 48.4 Å². The third-order valence-electron chi connectivity index (χ3n) is 3.90. The molecule has 0 aromatic heterocycles. The standard InChI is InChI=1S/C20H18ClNO5/c1-13(15-4-6-16(21)7-5-15)22-19(23)11-25-20(24)9-3-14-2-8-17-18(10-14)27-12-26-17/h2-10,13H,11-12H2,1H3,(H,22,23)/b9-3+/t13-/m0/s1.